The zero-order valence-electron chi connectivity index (χ0n) is 11.9. The minimum atomic E-state index is 0.248. The molecule has 104 valence electrons. The fourth-order valence-corrected chi connectivity index (χ4v) is 2.35. The molecule has 1 aliphatic carbocycles. The van der Waals surface area contributed by atoms with Crippen LogP contribution < -0.4 is 5.32 Å². The van der Waals surface area contributed by atoms with E-state index < -0.39 is 0 Å². The van der Waals surface area contributed by atoms with Crippen LogP contribution in [0.1, 0.15) is 25.3 Å². The van der Waals surface area contributed by atoms with Crippen LogP contribution in [0.25, 0.3) is 0 Å². The second-order valence-corrected chi connectivity index (χ2v) is 5.69. The van der Waals surface area contributed by atoms with Crippen LogP contribution >= 0.6 is 0 Å². The second-order valence-electron chi connectivity index (χ2n) is 5.69. The van der Waals surface area contributed by atoms with Crippen molar-refractivity contribution in [1.29, 1.82) is 0 Å². The zero-order valence-corrected chi connectivity index (χ0v) is 11.9. The number of hydrogen-bond donors (Lipinski definition) is 1. The second kappa shape index (κ2) is 6.71. The normalized spacial score (nSPS) is 21.4. The molecular formula is C16H24N2O. The lowest BCUT2D eigenvalue weighted by atomic mass is 10.2. The Labute approximate surface area is 116 Å². The number of rotatable bonds is 7. The first-order chi connectivity index (χ1) is 9.16. The van der Waals surface area contributed by atoms with E-state index in [1.165, 1.54) is 5.56 Å². The quantitative estimate of drug-likeness (QED) is 0.763. The molecule has 0 aromatic heterocycles. The standard InChI is InChI=1S/C16H24N2O/c1-13-11-15(13)16(19)17-9-6-10-18(2)12-14-7-4-3-5-8-14/h3-5,7-8,13,15H,6,9-12H2,1-2H3,(H,17,19)/t13-,15-/m0/s1. The van der Waals surface area contributed by atoms with Crippen molar-refractivity contribution >= 4 is 5.91 Å². The van der Waals surface area contributed by atoms with E-state index in [0.717, 1.165) is 32.5 Å². The van der Waals surface area contributed by atoms with E-state index >= 15 is 0 Å². The van der Waals surface area contributed by atoms with Gasteiger partial charge in [-0.1, -0.05) is 37.3 Å². The molecule has 1 saturated carbocycles. The fourth-order valence-electron chi connectivity index (χ4n) is 2.35. The molecule has 3 nitrogen and oxygen atoms in total. The molecule has 3 heteroatoms. The molecule has 2 rings (SSSR count). The molecule has 0 unspecified atom stereocenters. The van der Waals surface area contributed by atoms with Crippen LogP contribution in [0, 0.1) is 11.8 Å². The number of amides is 1. The molecule has 1 aromatic carbocycles. The van der Waals surface area contributed by atoms with Crippen molar-refractivity contribution in [3.63, 3.8) is 0 Å². The Kier molecular flexibility index (Phi) is 4.97. The highest BCUT2D eigenvalue weighted by Crippen LogP contribution is 2.37. The summed E-state index contributed by atoms with van der Waals surface area (Å²) in [6.45, 7) is 4.91. The third-order valence-electron chi connectivity index (χ3n) is 3.76. The van der Waals surface area contributed by atoms with E-state index in [0.29, 0.717) is 11.8 Å². The summed E-state index contributed by atoms with van der Waals surface area (Å²) in [4.78, 5) is 13.9. The summed E-state index contributed by atoms with van der Waals surface area (Å²) in [5.41, 5.74) is 1.33. The first kappa shape index (κ1) is 14.1. The molecule has 19 heavy (non-hydrogen) atoms. The molecule has 1 fully saturated rings. The van der Waals surface area contributed by atoms with Crippen molar-refractivity contribution in [3.05, 3.63) is 35.9 Å². The number of hydrogen-bond acceptors (Lipinski definition) is 2. The SMILES string of the molecule is C[C@H]1C[C@@H]1C(=O)NCCCN(C)Cc1ccccc1. The van der Waals surface area contributed by atoms with E-state index in [4.69, 9.17) is 0 Å². The van der Waals surface area contributed by atoms with Crippen LogP contribution in [0.4, 0.5) is 0 Å². The molecule has 1 amide bonds. The van der Waals surface area contributed by atoms with Crippen LogP contribution in [0.5, 0.6) is 0 Å². The molecule has 1 N–H and O–H groups in total. The van der Waals surface area contributed by atoms with Gasteiger partial charge in [0.05, 0.1) is 0 Å². The summed E-state index contributed by atoms with van der Waals surface area (Å²) in [7, 11) is 2.12. The Morgan fingerprint density at radius 3 is 2.68 bits per heavy atom. The van der Waals surface area contributed by atoms with Crippen LogP contribution in [-0.4, -0.2) is 30.9 Å². The van der Waals surface area contributed by atoms with Gasteiger partial charge in [0.25, 0.3) is 0 Å². The third-order valence-corrected chi connectivity index (χ3v) is 3.76. The van der Waals surface area contributed by atoms with Gasteiger partial charge in [-0.2, -0.15) is 0 Å². The van der Waals surface area contributed by atoms with Gasteiger partial charge in [0.15, 0.2) is 0 Å². The highest BCUT2D eigenvalue weighted by Gasteiger charge is 2.38. The first-order valence-corrected chi connectivity index (χ1v) is 7.17. The van der Waals surface area contributed by atoms with Gasteiger partial charge < -0.3 is 10.2 Å². The maximum Gasteiger partial charge on any atom is 0.223 e. The Bertz CT molecular complexity index is 404. The molecule has 0 bridgehead atoms. The highest BCUT2D eigenvalue weighted by molar-refractivity contribution is 5.81. The molecule has 1 aromatic rings. The molecule has 0 saturated heterocycles. The van der Waals surface area contributed by atoms with Gasteiger partial charge >= 0.3 is 0 Å². The number of benzene rings is 1. The molecule has 0 radical (unpaired) electrons. The highest BCUT2D eigenvalue weighted by atomic mass is 16.2. The Morgan fingerprint density at radius 1 is 1.37 bits per heavy atom. The lowest BCUT2D eigenvalue weighted by molar-refractivity contribution is -0.122. The largest absolute Gasteiger partial charge is 0.356 e. The molecule has 0 heterocycles. The lowest BCUT2D eigenvalue weighted by Gasteiger charge is -2.16. The molecule has 0 aliphatic heterocycles. The van der Waals surface area contributed by atoms with E-state index in [1.807, 2.05) is 6.07 Å². The van der Waals surface area contributed by atoms with Gasteiger partial charge in [0.2, 0.25) is 5.91 Å². The van der Waals surface area contributed by atoms with E-state index in [2.05, 4.69) is 48.5 Å². The van der Waals surface area contributed by atoms with Crippen LogP contribution in [0.15, 0.2) is 30.3 Å². The van der Waals surface area contributed by atoms with E-state index in [-0.39, 0.29) is 5.91 Å². The Hall–Kier alpha value is -1.35. The molecular weight excluding hydrogens is 236 g/mol. The van der Waals surface area contributed by atoms with Gasteiger partial charge in [-0.15, -0.1) is 0 Å². The molecule has 2 atom stereocenters. The van der Waals surface area contributed by atoms with Crippen LogP contribution in [-0.2, 0) is 11.3 Å². The molecule has 1 aliphatic rings. The van der Waals surface area contributed by atoms with E-state index in [9.17, 15) is 4.79 Å². The number of nitrogens with zero attached hydrogens (tertiary/aromatic N) is 1. The summed E-state index contributed by atoms with van der Waals surface area (Å²) in [5.74, 6) is 1.14. The van der Waals surface area contributed by atoms with Gasteiger partial charge in [-0.25, -0.2) is 0 Å². The van der Waals surface area contributed by atoms with Gasteiger partial charge in [0, 0.05) is 19.0 Å². The lowest BCUT2D eigenvalue weighted by Crippen LogP contribution is -2.29. The van der Waals surface area contributed by atoms with Crippen molar-refractivity contribution in [2.24, 2.45) is 11.8 Å². The summed E-state index contributed by atoms with van der Waals surface area (Å²) >= 11 is 0. The summed E-state index contributed by atoms with van der Waals surface area (Å²) < 4.78 is 0. The zero-order chi connectivity index (χ0) is 13.7. The van der Waals surface area contributed by atoms with Crippen molar-refractivity contribution in [1.82, 2.24) is 10.2 Å². The van der Waals surface area contributed by atoms with Gasteiger partial charge in [-0.05, 0) is 37.9 Å². The summed E-state index contributed by atoms with van der Waals surface area (Å²) in [5, 5.41) is 3.03. The summed E-state index contributed by atoms with van der Waals surface area (Å²) in [6.07, 6.45) is 2.08. The van der Waals surface area contributed by atoms with E-state index in [1.54, 1.807) is 0 Å². The maximum atomic E-state index is 11.6. The predicted molar refractivity (Wildman–Crippen MR) is 77.7 cm³/mol. The predicted octanol–water partition coefficient (Wildman–Crippen LogP) is 2.28. The minimum absolute atomic E-state index is 0.248. The maximum absolute atomic E-state index is 11.6. The average Bonchev–Trinajstić information content (AvgIpc) is 3.13. The van der Waals surface area contributed by atoms with Crippen LogP contribution in [0.2, 0.25) is 0 Å². The van der Waals surface area contributed by atoms with Gasteiger partial charge in [0.1, 0.15) is 0 Å². The number of carbonyl (C=O) groups excluding carboxylic acids is 1. The van der Waals surface area contributed by atoms with Gasteiger partial charge in [-0.3, -0.25) is 4.79 Å². The average molecular weight is 260 g/mol. The number of carbonyl (C=O) groups is 1. The van der Waals surface area contributed by atoms with Crippen molar-refractivity contribution in [2.45, 2.75) is 26.3 Å². The topological polar surface area (TPSA) is 32.3 Å². The Morgan fingerprint density at radius 2 is 2.05 bits per heavy atom. The minimum Gasteiger partial charge on any atom is -0.356 e. The van der Waals surface area contributed by atoms with Crippen molar-refractivity contribution < 1.29 is 4.79 Å². The third kappa shape index (κ3) is 4.67. The monoisotopic (exact) mass is 260 g/mol. The smallest absolute Gasteiger partial charge is 0.223 e. The summed E-state index contributed by atoms with van der Waals surface area (Å²) in [6, 6.07) is 10.5. The fraction of sp³-hybridized carbons (Fsp3) is 0.562. The number of nitrogens with one attached hydrogen (secondary N) is 1. The van der Waals surface area contributed by atoms with Crippen LogP contribution in [0.3, 0.4) is 0 Å². The van der Waals surface area contributed by atoms with Crippen molar-refractivity contribution in [2.75, 3.05) is 20.1 Å². The first-order valence-electron chi connectivity index (χ1n) is 7.17. The molecule has 0 spiro atoms. The Balaban J connectivity index is 1.56. The van der Waals surface area contributed by atoms with Crippen molar-refractivity contribution in [3.8, 4) is 0 Å².